The molecule has 6 nitrogen and oxygen atoms in total. The van der Waals surface area contributed by atoms with E-state index in [2.05, 4.69) is 9.64 Å². The molecule has 1 heterocycles. The fraction of sp³-hybridized carbons (Fsp3) is 0.556. The van der Waals surface area contributed by atoms with Gasteiger partial charge in [0.15, 0.2) is 0 Å². The van der Waals surface area contributed by atoms with E-state index in [1.807, 2.05) is 29.2 Å². The van der Waals surface area contributed by atoms with Crippen molar-refractivity contribution < 1.29 is 19.1 Å². The Hall–Kier alpha value is -1.44. The summed E-state index contributed by atoms with van der Waals surface area (Å²) in [6.07, 6.45) is 0.456. The van der Waals surface area contributed by atoms with Crippen molar-refractivity contribution in [2.45, 2.75) is 6.42 Å². The lowest BCUT2D eigenvalue weighted by Gasteiger charge is -2.34. The number of carbonyl (C=O) groups is 2. The summed E-state index contributed by atoms with van der Waals surface area (Å²) < 4.78 is 10.3. The number of hydrogen-bond acceptors (Lipinski definition) is 6. The molecule has 0 bridgehead atoms. The number of piperazine rings is 1. The SMILES string of the molecule is COC(=O)CSCCC(=O)N1CCN(CCOc2ccccc2Cl)CC1. The molecule has 1 aromatic carbocycles. The Bertz CT molecular complexity index is 594. The van der Waals surface area contributed by atoms with Crippen LogP contribution in [-0.4, -0.2) is 79.6 Å². The maximum Gasteiger partial charge on any atom is 0.315 e. The number of amides is 1. The summed E-state index contributed by atoms with van der Waals surface area (Å²) >= 11 is 7.50. The zero-order valence-electron chi connectivity index (χ0n) is 15.0. The molecular weight excluding hydrogens is 376 g/mol. The van der Waals surface area contributed by atoms with Crippen LogP contribution in [0.15, 0.2) is 24.3 Å². The summed E-state index contributed by atoms with van der Waals surface area (Å²) in [5, 5.41) is 0.619. The second kappa shape index (κ2) is 11.3. The van der Waals surface area contributed by atoms with E-state index in [9.17, 15) is 9.59 Å². The van der Waals surface area contributed by atoms with Crippen molar-refractivity contribution >= 4 is 35.2 Å². The molecule has 0 saturated carbocycles. The van der Waals surface area contributed by atoms with Crippen molar-refractivity contribution in [3.05, 3.63) is 29.3 Å². The number of rotatable bonds is 9. The third kappa shape index (κ3) is 7.05. The molecule has 1 aliphatic heterocycles. The predicted octanol–water partition coefficient (Wildman–Crippen LogP) is 2.16. The van der Waals surface area contributed by atoms with Gasteiger partial charge in [0.25, 0.3) is 0 Å². The molecule has 1 amide bonds. The lowest BCUT2D eigenvalue weighted by Crippen LogP contribution is -2.49. The number of nitrogens with zero attached hydrogens (tertiary/aromatic N) is 2. The summed E-state index contributed by atoms with van der Waals surface area (Å²) in [5.74, 6) is 1.53. The number of ether oxygens (including phenoxy) is 2. The van der Waals surface area contributed by atoms with E-state index in [4.69, 9.17) is 16.3 Å². The van der Waals surface area contributed by atoms with E-state index in [1.54, 1.807) is 0 Å². The summed E-state index contributed by atoms with van der Waals surface area (Å²) in [7, 11) is 1.37. The van der Waals surface area contributed by atoms with Crippen LogP contribution in [0.5, 0.6) is 5.75 Å². The average Bonchev–Trinajstić information content (AvgIpc) is 2.67. The lowest BCUT2D eigenvalue weighted by molar-refractivity contribution is -0.137. The largest absolute Gasteiger partial charge is 0.491 e. The van der Waals surface area contributed by atoms with E-state index in [-0.39, 0.29) is 11.9 Å². The quantitative estimate of drug-likeness (QED) is 0.467. The van der Waals surface area contributed by atoms with Crippen LogP contribution >= 0.6 is 23.4 Å². The second-order valence-electron chi connectivity index (χ2n) is 5.88. The lowest BCUT2D eigenvalue weighted by atomic mass is 10.3. The van der Waals surface area contributed by atoms with Crippen molar-refractivity contribution in [3.63, 3.8) is 0 Å². The Balaban J connectivity index is 1.59. The number of para-hydroxylation sites is 1. The highest BCUT2D eigenvalue weighted by molar-refractivity contribution is 7.99. The molecule has 0 aliphatic carbocycles. The highest BCUT2D eigenvalue weighted by Gasteiger charge is 2.20. The first-order valence-corrected chi connectivity index (χ1v) is 10.2. The van der Waals surface area contributed by atoms with Crippen molar-refractivity contribution in [1.29, 1.82) is 0 Å². The van der Waals surface area contributed by atoms with Gasteiger partial charge in [0, 0.05) is 44.9 Å². The molecule has 0 radical (unpaired) electrons. The molecule has 1 saturated heterocycles. The Morgan fingerprint density at radius 1 is 1.19 bits per heavy atom. The van der Waals surface area contributed by atoms with Crippen LogP contribution in [0.1, 0.15) is 6.42 Å². The van der Waals surface area contributed by atoms with Crippen molar-refractivity contribution in [2.24, 2.45) is 0 Å². The molecule has 8 heteroatoms. The van der Waals surface area contributed by atoms with Gasteiger partial charge in [0.1, 0.15) is 12.4 Å². The van der Waals surface area contributed by atoms with E-state index in [0.717, 1.165) is 32.7 Å². The van der Waals surface area contributed by atoms with E-state index < -0.39 is 0 Å². The molecule has 0 unspecified atom stereocenters. The van der Waals surface area contributed by atoms with Crippen molar-refractivity contribution in [3.8, 4) is 5.75 Å². The van der Waals surface area contributed by atoms with Crippen molar-refractivity contribution in [2.75, 3.05) is 57.9 Å². The van der Waals surface area contributed by atoms with Crippen LogP contribution in [0.4, 0.5) is 0 Å². The second-order valence-corrected chi connectivity index (χ2v) is 7.39. The number of methoxy groups -OCH3 is 1. The standard InChI is InChI=1S/C18H25ClN2O4S/c1-24-18(23)14-26-13-6-17(22)21-9-7-20(8-10-21)11-12-25-16-5-3-2-4-15(16)19/h2-5H,6-14H2,1H3. The number of hydrogen-bond donors (Lipinski definition) is 0. The van der Waals surface area contributed by atoms with Crippen molar-refractivity contribution in [1.82, 2.24) is 9.80 Å². The molecule has 1 fully saturated rings. The average molecular weight is 401 g/mol. The zero-order valence-corrected chi connectivity index (χ0v) is 16.6. The monoisotopic (exact) mass is 400 g/mol. The fourth-order valence-corrected chi connectivity index (χ4v) is 3.54. The Morgan fingerprint density at radius 2 is 1.92 bits per heavy atom. The molecule has 0 aromatic heterocycles. The topological polar surface area (TPSA) is 59.1 Å². The minimum Gasteiger partial charge on any atom is -0.491 e. The van der Waals surface area contributed by atoms with Gasteiger partial charge in [-0.2, -0.15) is 0 Å². The summed E-state index contributed by atoms with van der Waals surface area (Å²) in [4.78, 5) is 27.4. The molecule has 1 aliphatic rings. The van der Waals surface area contributed by atoms with Gasteiger partial charge < -0.3 is 14.4 Å². The van der Waals surface area contributed by atoms with Crippen LogP contribution in [0.25, 0.3) is 0 Å². The molecule has 26 heavy (non-hydrogen) atoms. The van der Waals surface area contributed by atoms with Crippen LogP contribution in [0.2, 0.25) is 5.02 Å². The van der Waals surface area contributed by atoms with Crippen LogP contribution < -0.4 is 4.74 Å². The number of carbonyl (C=O) groups excluding carboxylic acids is 2. The third-order valence-corrected chi connectivity index (χ3v) is 5.38. The normalized spacial score (nSPS) is 14.9. The highest BCUT2D eigenvalue weighted by atomic mass is 35.5. The summed E-state index contributed by atoms with van der Waals surface area (Å²) in [6.45, 7) is 4.52. The fourth-order valence-electron chi connectivity index (χ4n) is 2.60. The Labute approximate surface area is 163 Å². The smallest absolute Gasteiger partial charge is 0.315 e. The molecule has 0 N–H and O–H groups in total. The first kappa shape index (κ1) is 20.9. The van der Waals surface area contributed by atoms with Crippen LogP contribution in [-0.2, 0) is 14.3 Å². The molecule has 144 valence electrons. The van der Waals surface area contributed by atoms with Gasteiger partial charge in [-0.15, -0.1) is 11.8 Å². The van der Waals surface area contributed by atoms with Gasteiger partial charge in [0.05, 0.1) is 17.9 Å². The Morgan fingerprint density at radius 3 is 2.62 bits per heavy atom. The minimum atomic E-state index is -0.255. The van der Waals surface area contributed by atoms with Gasteiger partial charge in [0.2, 0.25) is 5.91 Å². The maximum absolute atomic E-state index is 12.2. The highest BCUT2D eigenvalue weighted by Crippen LogP contribution is 2.22. The van der Waals surface area contributed by atoms with E-state index in [0.29, 0.717) is 35.3 Å². The number of benzene rings is 1. The predicted molar refractivity (Wildman–Crippen MR) is 104 cm³/mol. The summed E-state index contributed by atoms with van der Waals surface area (Å²) in [5.41, 5.74) is 0. The van der Waals surface area contributed by atoms with Gasteiger partial charge in [-0.05, 0) is 12.1 Å². The zero-order chi connectivity index (χ0) is 18.8. The molecular formula is C18H25ClN2O4S. The summed E-state index contributed by atoms with van der Waals surface area (Å²) in [6, 6.07) is 7.44. The number of halogens is 1. The van der Waals surface area contributed by atoms with Gasteiger partial charge in [-0.1, -0.05) is 23.7 Å². The van der Waals surface area contributed by atoms with E-state index >= 15 is 0 Å². The molecule has 0 atom stereocenters. The first-order valence-electron chi connectivity index (χ1n) is 8.62. The van der Waals surface area contributed by atoms with Crippen LogP contribution in [0, 0.1) is 0 Å². The third-order valence-electron chi connectivity index (χ3n) is 4.13. The van der Waals surface area contributed by atoms with Crippen LogP contribution in [0.3, 0.4) is 0 Å². The maximum atomic E-state index is 12.2. The van der Waals surface area contributed by atoms with Gasteiger partial charge >= 0.3 is 5.97 Å². The molecule has 2 rings (SSSR count). The van der Waals surface area contributed by atoms with E-state index in [1.165, 1.54) is 18.9 Å². The molecule has 0 spiro atoms. The number of thioether (sulfide) groups is 1. The minimum absolute atomic E-state index is 0.148. The Kier molecular flexibility index (Phi) is 9.08. The van der Waals surface area contributed by atoms with Gasteiger partial charge in [-0.3, -0.25) is 14.5 Å². The first-order chi connectivity index (χ1) is 12.6. The molecule has 1 aromatic rings. The van der Waals surface area contributed by atoms with Gasteiger partial charge in [-0.25, -0.2) is 0 Å². The number of esters is 1.